The molecule has 0 radical (unpaired) electrons. The summed E-state index contributed by atoms with van der Waals surface area (Å²) in [5.74, 6) is 0.729. The minimum Gasteiger partial charge on any atom is -0.468 e. The molecule has 3 heterocycles. The van der Waals surface area contributed by atoms with Crippen LogP contribution in [-0.2, 0) is 20.0 Å². The van der Waals surface area contributed by atoms with Crippen LogP contribution < -0.4 is 4.72 Å². The van der Waals surface area contributed by atoms with Gasteiger partial charge in [0.2, 0.25) is 20.0 Å². The molecule has 2 aliphatic heterocycles. The van der Waals surface area contributed by atoms with E-state index in [1.165, 1.54) is 28.6 Å². The average molecular weight is 468 g/mol. The first kappa shape index (κ1) is 22.5. The molecular weight excluding hydrogens is 438 g/mol. The summed E-state index contributed by atoms with van der Waals surface area (Å²) >= 11 is 0. The van der Waals surface area contributed by atoms with Gasteiger partial charge in [-0.05, 0) is 75.2 Å². The van der Waals surface area contributed by atoms with Gasteiger partial charge in [0.05, 0.1) is 22.1 Å². The predicted octanol–water partition coefficient (Wildman–Crippen LogP) is 2.57. The number of rotatable bonds is 8. The molecule has 2 aromatic rings. The first-order valence-corrected chi connectivity index (χ1v) is 13.7. The number of sulfonamides is 2. The van der Waals surface area contributed by atoms with E-state index in [2.05, 4.69) is 9.62 Å². The Bertz CT molecular complexity index is 1050. The standard InChI is InChI=1S/C21H29N3O5S2/c25-30(26,22-17-20(21-7-6-16-29-21)23-12-4-5-13-23)18-8-10-19(11-9-18)31(27,28)24-14-2-1-3-15-24/h6-11,16,20,22H,1-5,12-15,17H2. The molecule has 0 saturated carbocycles. The minimum atomic E-state index is -3.79. The van der Waals surface area contributed by atoms with Gasteiger partial charge in [0.15, 0.2) is 0 Å². The van der Waals surface area contributed by atoms with E-state index < -0.39 is 20.0 Å². The highest BCUT2D eigenvalue weighted by Gasteiger charge is 2.29. The zero-order valence-corrected chi connectivity index (χ0v) is 19.1. The number of furan rings is 1. The zero-order valence-electron chi connectivity index (χ0n) is 17.4. The van der Waals surface area contributed by atoms with E-state index in [9.17, 15) is 16.8 Å². The summed E-state index contributed by atoms with van der Waals surface area (Å²) < 4.78 is 61.0. The smallest absolute Gasteiger partial charge is 0.243 e. The monoisotopic (exact) mass is 467 g/mol. The van der Waals surface area contributed by atoms with Crippen molar-refractivity contribution < 1.29 is 21.3 Å². The van der Waals surface area contributed by atoms with Crippen molar-refractivity contribution in [1.29, 1.82) is 0 Å². The van der Waals surface area contributed by atoms with Crippen LogP contribution in [0.5, 0.6) is 0 Å². The SMILES string of the molecule is O=S(=O)(NCC(c1ccco1)N1CCCC1)c1ccc(S(=O)(=O)N2CCCCC2)cc1. The number of hydrogen-bond acceptors (Lipinski definition) is 6. The molecule has 170 valence electrons. The van der Waals surface area contributed by atoms with Gasteiger partial charge in [0, 0.05) is 19.6 Å². The quantitative estimate of drug-likeness (QED) is 0.641. The molecule has 1 unspecified atom stereocenters. The molecule has 2 fully saturated rings. The van der Waals surface area contributed by atoms with Gasteiger partial charge in [-0.2, -0.15) is 4.31 Å². The number of benzene rings is 1. The molecular formula is C21H29N3O5S2. The van der Waals surface area contributed by atoms with Crippen molar-refractivity contribution in [2.24, 2.45) is 0 Å². The number of hydrogen-bond donors (Lipinski definition) is 1. The largest absolute Gasteiger partial charge is 0.468 e. The third-order valence-corrected chi connectivity index (χ3v) is 9.36. The molecule has 4 rings (SSSR count). The zero-order chi connectivity index (χ0) is 21.9. The third kappa shape index (κ3) is 5.04. The Kier molecular flexibility index (Phi) is 6.83. The number of nitrogens with zero attached hydrogens (tertiary/aromatic N) is 2. The van der Waals surface area contributed by atoms with E-state index in [4.69, 9.17) is 4.42 Å². The van der Waals surface area contributed by atoms with Crippen LogP contribution in [-0.4, -0.2) is 58.8 Å². The van der Waals surface area contributed by atoms with Crippen LogP contribution in [0.15, 0.2) is 56.9 Å². The van der Waals surface area contributed by atoms with E-state index in [1.54, 1.807) is 12.3 Å². The highest BCUT2D eigenvalue weighted by molar-refractivity contribution is 7.89. The predicted molar refractivity (Wildman–Crippen MR) is 116 cm³/mol. The first-order valence-electron chi connectivity index (χ1n) is 10.8. The van der Waals surface area contributed by atoms with E-state index in [0.29, 0.717) is 13.1 Å². The highest BCUT2D eigenvalue weighted by Crippen LogP contribution is 2.26. The maximum Gasteiger partial charge on any atom is 0.243 e. The van der Waals surface area contributed by atoms with E-state index in [1.807, 2.05) is 6.07 Å². The summed E-state index contributed by atoms with van der Waals surface area (Å²) in [7, 11) is -7.38. The molecule has 0 aliphatic carbocycles. The summed E-state index contributed by atoms with van der Waals surface area (Å²) in [6, 6.07) is 8.96. The molecule has 1 atom stereocenters. The third-order valence-electron chi connectivity index (χ3n) is 6.01. The summed E-state index contributed by atoms with van der Waals surface area (Å²) in [5, 5.41) is 0. The highest BCUT2D eigenvalue weighted by atomic mass is 32.2. The summed E-state index contributed by atoms with van der Waals surface area (Å²) in [6.45, 7) is 3.00. The van der Waals surface area contributed by atoms with Gasteiger partial charge in [-0.25, -0.2) is 21.6 Å². The maximum atomic E-state index is 12.9. The Morgan fingerprint density at radius 1 is 0.839 bits per heavy atom. The van der Waals surface area contributed by atoms with Crippen LogP contribution in [0.25, 0.3) is 0 Å². The van der Waals surface area contributed by atoms with Crippen LogP contribution in [0.1, 0.15) is 43.9 Å². The summed E-state index contributed by atoms with van der Waals surface area (Å²) in [6.07, 6.45) is 6.49. The second-order valence-corrected chi connectivity index (χ2v) is 11.8. The molecule has 1 aromatic carbocycles. The molecule has 8 nitrogen and oxygen atoms in total. The topological polar surface area (TPSA) is 99.9 Å². The molecule has 1 aromatic heterocycles. The number of piperidine rings is 1. The number of nitrogens with one attached hydrogen (secondary N) is 1. The summed E-state index contributed by atoms with van der Waals surface area (Å²) in [5.41, 5.74) is 0. The van der Waals surface area contributed by atoms with Gasteiger partial charge >= 0.3 is 0 Å². The van der Waals surface area contributed by atoms with Crippen molar-refractivity contribution in [2.75, 3.05) is 32.7 Å². The fourth-order valence-corrected chi connectivity index (χ4v) is 6.82. The van der Waals surface area contributed by atoms with Gasteiger partial charge in [0.1, 0.15) is 5.76 Å². The normalized spacial score (nSPS) is 20.1. The average Bonchev–Trinajstić information content (AvgIpc) is 3.50. The fraction of sp³-hybridized carbons (Fsp3) is 0.524. The van der Waals surface area contributed by atoms with Gasteiger partial charge in [-0.3, -0.25) is 4.90 Å². The lowest BCUT2D eigenvalue weighted by atomic mass is 10.2. The Hall–Kier alpha value is -1.72. The molecule has 0 amide bonds. The van der Waals surface area contributed by atoms with Gasteiger partial charge < -0.3 is 4.42 Å². The molecule has 1 N–H and O–H groups in total. The Morgan fingerprint density at radius 3 is 2.06 bits per heavy atom. The van der Waals surface area contributed by atoms with Crippen LogP contribution in [0, 0.1) is 0 Å². The van der Waals surface area contributed by atoms with Crippen molar-refractivity contribution in [3.05, 3.63) is 48.4 Å². The lowest BCUT2D eigenvalue weighted by Gasteiger charge is -2.26. The van der Waals surface area contributed by atoms with Crippen molar-refractivity contribution in [2.45, 2.75) is 47.9 Å². The second-order valence-electron chi connectivity index (χ2n) is 8.06. The Labute approximate surface area is 184 Å². The van der Waals surface area contributed by atoms with Crippen LogP contribution >= 0.6 is 0 Å². The fourth-order valence-electron chi connectivity index (χ4n) is 4.26. The second kappa shape index (κ2) is 9.41. The number of likely N-dealkylation sites (tertiary alicyclic amines) is 1. The van der Waals surface area contributed by atoms with Crippen molar-refractivity contribution >= 4 is 20.0 Å². The van der Waals surface area contributed by atoms with Crippen molar-refractivity contribution in [3.63, 3.8) is 0 Å². The molecule has 0 bridgehead atoms. The lowest BCUT2D eigenvalue weighted by Crippen LogP contribution is -2.36. The van der Waals surface area contributed by atoms with E-state index >= 15 is 0 Å². The molecule has 31 heavy (non-hydrogen) atoms. The van der Waals surface area contributed by atoms with Crippen molar-refractivity contribution in [1.82, 2.24) is 13.9 Å². The van der Waals surface area contributed by atoms with Gasteiger partial charge in [0.25, 0.3) is 0 Å². The van der Waals surface area contributed by atoms with E-state index in [0.717, 1.165) is 51.0 Å². The lowest BCUT2D eigenvalue weighted by molar-refractivity contribution is 0.216. The minimum absolute atomic E-state index is 0.0460. The first-order chi connectivity index (χ1) is 14.9. The summed E-state index contributed by atoms with van der Waals surface area (Å²) in [4.78, 5) is 2.39. The maximum absolute atomic E-state index is 12.9. The molecule has 10 heteroatoms. The van der Waals surface area contributed by atoms with E-state index in [-0.39, 0.29) is 22.4 Å². The van der Waals surface area contributed by atoms with Gasteiger partial charge in [-0.15, -0.1) is 0 Å². The molecule has 0 spiro atoms. The Morgan fingerprint density at radius 2 is 1.45 bits per heavy atom. The van der Waals surface area contributed by atoms with Crippen LogP contribution in [0.2, 0.25) is 0 Å². The van der Waals surface area contributed by atoms with Crippen molar-refractivity contribution in [3.8, 4) is 0 Å². The molecule has 2 saturated heterocycles. The van der Waals surface area contributed by atoms with Gasteiger partial charge in [-0.1, -0.05) is 6.42 Å². The van der Waals surface area contributed by atoms with Crippen LogP contribution in [0.3, 0.4) is 0 Å². The van der Waals surface area contributed by atoms with Crippen LogP contribution in [0.4, 0.5) is 0 Å². The molecule has 2 aliphatic rings. The Balaban J connectivity index is 1.47.